The fourth-order valence-electron chi connectivity index (χ4n) is 2.56. The molecule has 0 bridgehead atoms. The zero-order valence-electron chi connectivity index (χ0n) is 15.5. The van der Waals surface area contributed by atoms with Crippen LogP contribution in [0.25, 0.3) is 0 Å². The SMILES string of the molecule is CCCCCCCCOc1ccc(CCCNCCC(=O)O)cc1.Cl. The molecular formula is C20H34ClNO3. The van der Waals surface area contributed by atoms with E-state index in [0.29, 0.717) is 6.54 Å². The Morgan fingerprint density at radius 3 is 2.36 bits per heavy atom. The third kappa shape index (κ3) is 13.7. The average molecular weight is 372 g/mol. The molecule has 0 aromatic heterocycles. The summed E-state index contributed by atoms with van der Waals surface area (Å²) in [4.78, 5) is 10.4. The van der Waals surface area contributed by atoms with E-state index in [1.165, 1.54) is 37.7 Å². The summed E-state index contributed by atoms with van der Waals surface area (Å²) in [5.41, 5.74) is 1.29. The maximum atomic E-state index is 10.4. The lowest BCUT2D eigenvalue weighted by atomic mass is 10.1. The van der Waals surface area contributed by atoms with Crippen LogP contribution in [0.5, 0.6) is 5.75 Å². The summed E-state index contributed by atoms with van der Waals surface area (Å²) in [6.07, 6.45) is 9.88. The predicted molar refractivity (Wildman–Crippen MR) is 106 cm³/mol. The second-order valence-electron chi connectivity index (χ2n) is 6.26. The Kier molecular flexibility index (Phi) is 15.4. The smallest absolute Gasteiger partial charge is 0.304 e. The van der Waals surface area contributed by atoms with Crippen molar-refractivity contribution in [1.29, 1.82) is 0 Å². The summed E-state index contributed by atoms with van der Waals surface area (Å²) >= 11 is 0. The number of carboxylic acid groups (broad SMARTS) is 1. The van der Waals surface area contributed by atoms with Gasteiger partial charge in [-0.05, 0) is 43.5 Å². The molecule has 0 radical (unpaired) electrons. The third-order valence-electron chi connectivity index (χ3n) is 4.02. The molecule has 0 amide bonds. The van der Waals surface area contributed by atoms with E-state index in [2.05, 4.69) is 24.4 Å². The fraction of sp³-hybridized carbons (Fsp3) is 0.650. The molecule has 2 N–H and O–H groups in total. The van der Waals surface area contributed by atoms with Gasteiger partial charge in [0.1, 0.15) is 5.75 Å². The van der Waals surface area contributed by atoms with Gasteiger partial charge in [-0.25, -0.2) is 0 Å². The van der Waals surface area contributed by atoms with E-state index in [1.54, 1.807) is 0 Å². The molecule has 0 aliphatic rings. The maximum Gasteiger partial charge on any atom is 0.304 e. The summed E-state index contributed by atoms with van der Waals surface area (Å²) in [7, 11) is 0. The van der Waals surface area contributed by atoms with Crippen molar-refractivity contribution >= 4 is 18.4 Å². The number of hydrogen-bond acceptors (Lipinski definition) is 3. The highest BCUT2D eigenvalue weighted by Gasteiger charge is 1.98. The maximum absolute atomic E-state index is 10.4. The standard InChI is InChI=1S/C20H33NO3.ClH/c1-2-3-4-5-6-7-17-24-19-12-10-18(11-13-19)9-8-15-21-16-14-20(22)23;/h10-13,21H,2-9,14-17H2,1H3,(H,22,23);1H. The lowest BCUT2D eigenvalue weighted by Gasteiger charge is -2.08. The Hall–Kier alpha value is -1.26. The van der Waals surface area contributed by atoms with Crippen molar-refractivity contribution in [3.8, 4) is 5.75 Å². The predicted octanol–water partition coefficient (Wildman–Crippen LogP) is 4.84. The molecule has 0 heterocycles. The minimum Gasteiger partial charge on any atom is -0.494 e. The van der Waals surface area contributed by atoms with Crippen molar-refractivity contribution in [2.45, 2.75) is 64.7 Å². The first-order chi connectivity index (χ1) is 11.7. The number of ether oxygens (including phenoxy) is 1. The van der Waals surface area contributed by atoms with Gasteiger partial charge >= 0.3 is 5.97 Å². The second-order valence-corrected chi connectivity index (χ2v) is 6.26. The quantitative estimate of drug-likeness (QED) is 0.433. The minimum absolute atomic E-state index is 0. The number of benzene rings is 1. The van der Waals surface area contributed by atoms with Crippen LogP contribution < -0.4 is 10.1 Å². The topological polar surface area (TPSA) is 58.6 Å². The zero-order chi connectivity index (χ0) is 17.5. The van der Waals surface area contributed by atoms with Crippen molar-refractivity contribution < 1.29 is 14.6 Å². The van der Waals surface area contributed by atoms with Crippen LogP contribution in [0, 0.1) is 0 Å². The van der Waals surface area contributed by atoms with Gasteiger partial charge in [0.15, 0.2) is 0 Å². The van der Waals surface area contributed by atoms with Gasteiger partial charge < -0.3 is 15.2 Å². The van der Waals surface area contributed by atoms with Crippen LogP contribution in [0.15, 0.2) is 24.3 Å². The number of hydrogen-bond donors (Lipinski definition) is 2. The van der Waals surface area contributed by atoms with E-state index in [9.17, 15) is 4.79 Å². The summed E-state index contributed by atoms with van der Waals surface area (Å²) in [6, 6.07) is 8.33. The number of carboxylic acids is 1. The molecule has 0 unspecified atom stereocenters. The highest BCUT2D eigenvalue weighted by Crippen LogP contribution is 2.14. The van der Waals surface area contributed by atoms with Gasteiger partial charge in [0, 0.05) is 6.54 Å². The van der Waals surface area contributed by atoms with Gasteiger partial charge in [0.05, 0.1) is 13.0 Å². The Bertz CT molecular complexity index is 437. The second kappa shape index (κ2) is 16.2. The van der Waals surface area contributed by atoms with E-state index in [1.807, 2.05) is 12.1 Å². The van der Waals surface area contributed by atoms with Crippen LogP contribution in [0.2, 0.25) is 0 Å². The molecule has 1 aromatic carbocycles. The molecule has 0 saturated heterocycles. The number of carbonyl (C=O) groups is 1. The Morgan fingerprint density at radius 1 is 1.00 bits per heavy atom. The number of aliphatic carboxylic acids is 1. The molecule has 4 nitrogen and oxygen atoms in total. The molecule has 25 heavy (non-hydrogen) atoms. The first-order valence-electron chi connectivity index (χ1n) is 9.36. The van der Waals surface area contributed by atoms with Crippen LogP contribution in [-0.4, -0.2) is 30.8 Å². The Balaban J connectivity index is 0.00000576. The largest absolute Gasteiger partial charge is 0.494 e. The minimum atomic E-state index is -0.751. The number of aryl methyl sites for hydroxylation is 1. The molecule has 0 aliphatic carbocycles. The summed E-state index contributed by atoms with van der Waals surface area (Å²) in [5, 5.41) is 11.7. The number of unbranched alkanes of at least 4 members (excludes halogenated alkanes) is 5. The molecule has 144 valence electrons. The Morgan fingerprint density at radius 2 is 1.68 bits per heavy atom. The average Bonchev–Trinajstić information content (AvgIpc) is 2.58. The van der Waals surface area contributed by atoms with Crippen molar-refractivity contribution in [3.63, 3.8) is 0 Å². The highest BCUT2D eigenvalue weighted by atomic mass is 35.5. The van der Waals surface area contributed by atoms with Crippen LogP contribution >= 0.6 is 12.4 Å². The highest BCUT2D eigenvalue weighted by molar-refractivity contribution is 5.85. The normalized spacial score (nSPS) is 10.3. The van der Waals surface area contributed by atoms with Crippen LogP contribution in [0.4, 0.5) is 0 Å². The first-order valence-corrected chi connectivity index (χ1v) is 9.36. The molecule has 1 rings (SSSR count). The van der Waals surface area contributed by atoms with Crippen molar-refractivity contribution in [2.24, 2.45) is 0 Å². The van der Waals surface area contributed by atoms with Crippen LogP contribution in [0.1, 0.15) is 63.9 Å². The third-order valence-corrected chi connectivity index (χ3v) is 4.02. The van der Waals surface area contributed by atoms with Gasteiger partial charge in [-0.1, -0.05) is 51.2 Å². The molecule has 5 heteroatoms. The number of rotatable bonds is 15. The van der Waals surface area contributed by atoms with E-state index in [0.717, 1.165) is 38.2 Å². The van der Waals surface area contributed by atoms with E-state index in [4.69, 9.17) is 9.84 Å². The molecule has 0 spiro atoms. The van der Waals surface area contributed by atoms with E-state index < -0.39 is 5.97 Å². The lowest BCUT2D eigenvalue weighted by Crippen LogP contribution is -2.19. The van der Waals surface area contributed by atoms with Crippen molar-refractivity contribution in [3.05, 3.63) is 29.8 Å². The lowest BCUT2D eigenvalue weighted by molar-refractivity contribution is -0.136. The fourth-order valence-corrected chi connectivity index (χ4v) is 2.56. The Labute approximate surface area is 158 Å². The van der Waals surface area contributed by atoms with Gasteiger partial charge in [-0.2, -0.15) is 0 Å². The number of halogens is 1. The van der Waals surface area contributed by atoms with Crippen LogP contribution in [0.3, 0.4) is 0 Å². The zero-order valence-corrected chi connectivity index (χ0v) is 16.3. The molecule has 1 aromatic rings. The van der Waals surface area contributed by atoms with E-state index in [-0.39, 0.29) is 18.8 Å². The number of nitrogens with one attached hydrogen (secondary N) is 1. The molecular weight excluding hydrogens is 338 g/mol. The van der Waals surface area contributed by atoms with Gasteiger partial charge in [0.2, 0.25) is 0 Å². The summed E-state index contributed by atoms with van der Waals surface area (Å²) in [5.74, 6) is 0.200. The molecule has 0 aliphatic heterocycles. The molecule has 0 saturated carbocycles. The first kappa shape index (κ1) is 23.7. The van der Waals surface area contributed by atoms with Crippen molar-refractivity contribution in [1.82, 2.24) is 5.32 Å². The monoisotopic (exact) mass is 371 g/mol. The van der Waals surface area contributed by atoms with Gasteiger partial charge in [-0.3, -0.25) is 4.79 Å². The molecule has 0 atom stereocenters. The van der Waals surface area contributed by atoms with Gasteiger partial charge in [-0.15, -0.1) is 12.4 Å². The van der Waals surface area contributed by atoms with E-state index >= 15 is 0 Å². The molecule has 0 fully saturated rings. The van der Waals surface area contributed by atoms with Gasteiger partial charge in [0.25, 0.3) is 0 Å². The summed E-state index contributed by atoms with van der Waals surface area (Å²) < 4.78 is 5.78. The summed E-state index contributed by atoms with van der Waals surface area (Å²) in [6.45, 7) is 4.44. The van der Waals surface area contributed by atoms with Crippen molar-refractivity contribution in [2.75, 3.05) is 19.7 Å². The van der Waals surface area contributed by atoms with Crippen LogP contribution in [-0.2, 0) is 11.2 Å².